The monoisotopic (exact) mass is 188 g/mol. The lowest BCUT2D eigenvalue weighted by molar-refractivity contribution is 0.112. The van der Waals surface area contributed by atoms with Crippen molar-refractivity contribution in [3.8, 4) is 0 Å². The maximum absolute atomic E-state index is 13.4. The number of benzene rings is 2. The molecule has 1 nitrogen and oxygen atoms in total. The maximum Gasteiger partial charge on any atom is 0.150 e. The number of carbonyl (C=O) groups is 1. The topological polar surface area (TPSA) is 17.1 Å². The number of aryl methyl sites for hydroxylation is 1. The van der Waals surface area contributed by atoms with Crippen molar-refractivity contribution < 1.29 is 9.18 Å². The van der Waals surface area contributed by atoms with Crippen LogP contribution in [-0.4, -0.2) is 6.29 Å². The summed E-state index contributed by atoms with van der Waals surface area (Å²) in [5, 5.41) is 1.18. The highest BCUT2D eigenvalue weighted by Gasteiger charge is 2.07. The molecule has 0 radical (unpaired) electrons. The van der Waals surface area contributed by atoms with Gasteiger partial charge in [-0.3, -0.25) is 4.79 Å². The highest BCUT2D eigenvalue weighted by molar-refractivity contribution is 5.99. The molecule has 0 aliphatic heterocycles. The molecule has 0 aromatic heterocycles. The molecule has 0 N–H and O–H groups in total. The Morgan fingerprint density at radius 1 is 1.21 bits per heavy atom. The largest absolute Gasteiger partial charge is 0.298 e. The summed E-state index contributed by atoms with van der Waals surface area (Å²) in [7, 11) is 0. The molecule has 2 aromatic carbocycles. The molecular formula is C12H9FO. The molecule has 14 heavy (non-hydrogen) atoms. The summed E-state index contributed by atoms with van der Waals surface area (Å²) in [5.41, 5.74) is 1.25. The second-order valence-corrected chi connectivity index (χ2v) is 3.25. The molecule has 2 rings (SSSR count). The number of fused-ring (bicyclic) bond motifs is 1. The van der Waals surface area contributed by atoms with Crippen molar-refractivity contribution in [1.82, 2.24) is 0 Å². The van der Waals surface area contributed by atoms with Gasteiger partial charge in [0, 0.05) is 10.9 Å². The number of halogens is 1. The third-order valence-electron chi connectivity index (χ3n) is 2.36. The van der Waals surface area contributed by atoms with E-state index in [4.69, 9.17) is 0 Å². The van der Waals surface area contributed by atoms with Crippen LogP contribution < -0.4 is 0 Å². The zero-order valence-corrected chi connectivity index (χ0v) is 7.75. The Hall–Kier alpha value is -1.70. The molecule has 0 aliphatic rings. The average Bonchev–Trinajstić information content (AvgIpc) is 2.18. The van der Waals surface area contributed by atoms with Gasteiger partial charge in [-0.05, 0) is 23.9 Å². The predicted molar refractivity (Wildman–Crippen MR) is 54.0 cm³/mol. The molecule has 0 bridgehead atoms. The van der Waals surface area contributed by atoms with Crippen molar-refractivity contribution in [3.05, 3.63) is 47.3 Å². The summed E-state index contributed by atoms with van der Waals surface area (Å²) in [5.74, 6) is -0.274. The summed E-state index contributed by atoms with van der Waals surface area (Å²) in [6.07, 6.45) is 0.775. The van der Waals surface area contributed by atoms with Gasteiger partial charge in [0.2, 0.25) is 0 Å². The van der Waals surface area contributed by atoms with Crippen LogP contribution in [0.5, 0.6) is 0 Å². The van der Waals surface area contributed by atoms with Gasteiger partial charge in [0.25, 0.3) is 0 Å². The fraction of sp³-hybridized carbons (Fsp3) is 0.0833. The summed E-state index contributed by atoms with van der Waals surface area (Å²) < 4.78 is 13.4. The van der Waals surface area contributed by atoms with Gasteiger partial charge in [0.1, 0.15) is 5.82 Å². The van der Waals surface area contributed by atoms with E-state index >= 15 is 0 Å². The summed E-state index contributed by atoms with van der Waals surface area (Å²) in [6, 6.07) is 8.39. The van der Waals surface area contributed by atoms with Gasteiger partial charge in [-0.2, -0.15) is 0 Å². The number of carbonyl (C=O) groups excluding carboxylic acids is 1. The van der Waals surface area contributed by atoms with Gasteiger partial charge in [0.05, 0.1) is 0 Å². The summed E-state index contributed by atoms with van der Waals surface area (Å²) in [4.78, 5) is 10.8. The van der Waals surface area contributed by atoms with Gasteiger partial charge in [-0.25, -0.2) is 4.39 Å². The second kappa shape index (κ2) is 3.22. The normalized spacial score (nSPS) is 10.4. The first kappa shape index (κ1) is 8.88. The Bertz CT molecular complexity index is 503. The lowest BCUT2D eigenvalue weighted by Crippen LogP contribution is -1.91. The Labute approximate surface area is 81.2 Å². The fourth-order valence-electron chi connectivity index (χ4n) is 1.64. The zero-order valence-electron chi connectivity index (χ0n) is 7.75. The van der Waals surface area contributed by atoms with Crippen molar-refractivity contribution in [2.75, 3.05) is 0 Å². The van der Waals surface area contributed by atoms with Gasteiger partial charge >= 0.3 is 0 Å². The average molecular weight is 188 g/mol. The Kier molecular flexibility index (Phi) is 2.04. The lowest BCUT2D eigenvalue weighted by atomic mass is 10.0. The first-order valence-electron chi connectivity index (χ1n) is 4.37. The molecule has 0 fully saturated rings. The molecule has 0 atom stereocenters. The first-order valence-corrected chi connectivity index (χ1v) is 4.37. The molecule has 0 unspecified atom stereocenters. The van der Waals surface area contributed by atoms with Crippen LogP contribution in [-0.2, 0) is 0 Å². The molecule has 0 spiro atoms. The van der Waals surface area contributed by atoms with Crippen molar-refractivity contribution in [2.24, 2.45) is 0 Å². The van der Waals surface area contributed by atoms with Gasteiger partial charge in [-0.15, -0.1) is 0 Å². The number of hydrogen-bond donors (Lipinski definition) is 0. The van der Waals surface area contributed by atoms with Crippen LogP contribution in [0.4, 0.5) is 4.39 Å². The van der Waals surface area contributed by atoms with E-state index in [0.717, 1.165) is 6.29 Å². The van der Waals surface area contributed by atoms with E-state index in [2.05, 4.69) is 0 Å². The SMILES string of the molecule is Cc1cc(F)c2ccccc2c1C=O. The quantitative estimate of drug-likeness (QED) is 0.628. The molecular weight excluding hydrogens is 179 g/mol. The predicted octanol–water partition coefficient (Wildman–Crippen LogP) is 3.10. The Morgan fingerprint density at radius 2 is 1.86 bits per heavy atom. The maximum atomic E-state index is 13.4. The Morgan fingerprint density at radius 3 is 2.50 bits per heavy atom. The Balaban J connectivity index is 2.97. The molecule has 2 aromatic rings. The third-order valence-corrected chi connectivity index (χ3v) is 2.36. The second-order valence-electron chi connectivity index (χ2n) is 3.25. The lowest BCUT2D eigenvalue weighted by Gasteiger charge is -2.05. The zero-order chi connectivity index (χ0) is 10.1. The van der Waals surface area contributed by atoms with E-state index < -0.39 is 0 Å². The van der Waals surface area contributed by atoms with Crippen molar-refractivity contribution >= 4 is 17.1 Å². The van der Waals surface area contributed by atoms with Crippen molar-refractivity contribution in [1.29, 1.82) is 0 Å². The summed E-state index contributed by atoms with van der Waals surface area (Å²) in [6.45, 7) is 1.74. The minimum Gasteiger partial charge on any atom is -0.298 e. The van der Waals surface area contributed by atoms with E-state index in [0.29, 0.717) is 21.9 Å². The van der Waals surface area contributed by atoms with Crippen LogP contribution in [0, 0.1) is 12.7 Å². The molecule has 0 aliphatic carbocycles. The van der Waals surface area contributed by atoms with Crippen LogP contribution >= 0.6 is 0 Å². The highest BCUT2D eigenvalue weighted by atomic mass is 19.1. The van der Waals surface area contributed by atoms with E-state index in [1.165, 1.54) is 6.07 Å². The molecule has 0 amide bonds. The first-order chi connectivity index (χ1) is 6.74. The van der Waals surface area contributed by atoms with Crippen LogP contribution in [0.3, 0.4) is 0 Å². The third kappa shape index (κ3) is 1.20. The number of hydrogen-bond acceptors (Lipinski definition) is 1. The van der Waals surface area contributed by atoms with E-state index in [-0.39, 0.29) is 5.82 Å². The fourth-order valence-corrected chi connectivity index (χ4v) is 1.64. The minimum atomic E-state index is -0.274. The highest BCUT2D eigenvalue weighted by Crippen LogP contribution is 2.23. The van der Waals surface area contributed by atoms with E-state index in [9.17, 15) is 9.18 Å². The molecule has 0 saturated carbocycles. The smallest absolute Gasteiger partial charge is 0.150 e. The van der Waals surface area contributed by atoms with Crippen molar-refractivity contribution in [3.63, 3.8) is 0 Å². The minimum absolute atomic E-state index is 0.274. The van der Waals surface area contributed by atoms with Gasteiger partial charge < -0.3 is 0 Å². The molecule has 0 saturated heterocycles. The van der Waals surface area contributed by atoms with E-state index in [1.54, 1.807) is 31.2 Å². The number of aldehydes is 1. The van der Waals surface area contributed by atoms with Gasteiger partial charge in [0.15, 0.2) is 6.29 Å². The van der Waals surface area contributed by atoms with Crippen LogP contribution in [0.2, 0.25) is 0 Å². The molecule has 2 heteroatoms. The van der Waals surface area contributed by atoms with Gasteiger partial charge in [-0.1, -0.05) is 24.3 Å². The van der Waals surface area contributed by atoms with Crippen LogP contribution in [0.25, 0.3) is 10.8 Å². The molecule has 70 valence electrons. The van der Waals surface area contributed by atoms with E-state index in [1.807, 2.05) is 0 Å². The van der Waals surface area contributed by atoms with Crippen molar-refractivity contribution in [2.45, 2.75) is 6.92 Å². The van der Waals surface area contributed by atoms with Crippen LogP contribution in [0.1, 0.15) is 15.9 Å². The standard InChI is InChI=1S/C12H9FO/c1-8-6-12(13)10-5-3-2-4-9(10)11(8)7-14/h2-7H,1H3. The molecule has 0 heterocycles. The summed E-state index contributed by atoms with van der Waals surface area (Å²) >= 11 is 0. The van der Waals surface area contributed by atoms with Crippen LogP contribution in [0.15, 0.2) is 30.3 Å². The number of rotatable bonds is 1.